The number of anilines is 1. The van der Waals surface area contributed by atoms with Crippen LogP contribution in [0.25, 0.3) is 0 Å². The Kier molecular flexibility index (Phi) is 5.86. The van der Waals surface area contributed by atoms with Gasteiger partial charge in [0.15, 0.2) is 9.84 Å². The predicted molar refractivity (Wildman–Crippen MR) is 133 cm³/mol. The van der Waals surface area contributed by atoms with Crippen molar-refractivity contribution in [3.8, 4) is 0 Å². The van der Waals surface area contributed by atoms with E-state index in [2.05, 4.69) is 34.9 Å². The number of benzene rings is 2. The summed E-state index contributed by atoms with van der Waals surface area (Å²) < 4.78 is 23.5. The molecule has 186 valence electrons. The molecule has 0 radical (unpaired) electrons. The molecule has 6 rings (SSSR count). The quantitative estimate of drug-likeness (QED) is 0.323. The molecular formula is C26H31N3O5S. The number of amides is 1. The Labute approximate surface area is 205 Å². The first kappa shape index (κ1) is 23.8. The molecule has 4 bridgehead atoms. The molecule has 4 aliphatic rings. The van der Waals surface area contributed by atoms with E-state index in [9.17, 15) is 23.3 Å². The van der Waals surface area contributed by atoms with Gasteiger partial charge in [-0.1, -0.05) is 30.3 Å². The molecule has 0 saturated heterocycles. The van der Waals surface area contributed by atoms with Gasteiger partial charge in [-0.25, -0.2) is 8.42 Å². The molecule has 2 N–H and O–H groups in total. The molecule has 8 nitrogen and oxygen atoms in total. The minimum atomic E-state index is -3.55. The van der Waals surface area contributed by atoms with Crippen molar-refractivity contribution in [2.24, 2.45) is 17.3 Å². The van der Waals surface area contributed by atoms with Gasteiger partial charge in [-0.05, 0) is 73.5 Å². The van der Waals surface area contributed by atoms with Gasteiger partial charge in [0.25, 0.3) is 5.69 Å². The number of nitro benzene ring substituents is 1. The first-order chi connectivity index (χ1) is 16.6. The van der Waals surface area contributed by atoms with Crippen molar-refractivity contribution in [3.05, 3.63) is 64.2 Å². The number of carbonyl (C=O) groups is 1. The second-order valence-electron chi connectivity index (χ2n) is 10.8. The largest absolute Gasteiger partial charge is 0.378 e. The molecule has 4 aliphatic carbocycles. The lowest BCUT2D eigenvalue weighted by Gasteiger charge is -2.61. The molecule has 4 atom stereocenters. The maximum absolute atomic E-state index is 13.5. The monoisotopic (exact) mass is 497 g/mol. The standard InChI is InChI=1S/C26H31N3O5S/c1-35(33,34)21-7-8-22(23(12-21)29(31)32)27-9-10-28-24(30)26-15-18-11-19(16-26)14-25(13-18,17-26)20-5-3-2-4-6-20/h2-8,12,18-19,27H,9-11,13-17H2,1H3,(H,28,30)/t18-,19+,25?,26?. The smallest absolute Gasteiger partial charge is 0.293 e. The van der Waals surface area contributed by atoms with Crippen molar-refractivity contribution in [1.29, 1.82) is 0 Å². The minimum Gasteiger partial charge on any atom is -0.378 e. The van der Waals surface area contributed by atoms with Crippen LogP contribution in [0.4, 0.5) is 11.4 Å². The van der Waals surface area contributed by atoms with E-state index >= 15 is 0 Å². The maximum atomic E-state index is 13.5. The molecule has 4 fully saturated rings. The van der Waals surface area contributed by atoms with E-state index in [1.165, 1.54) is 24.1 Å². The molecule has 4 saturated carbocycles. The molecule has 0 heterocycles. The van der Waals surface area contributed by atoms with Gasteiger partial charge in [0.05, 0.1) is 15.2 Å². The molecule has 0 spiro atoms. The second-order valence-corrected chi connectivity index (χ2v) is 12.8. The van der Waals surface area contributed by atoms with Crippen molar-refractivity contribution in [2.75, 3.05) is 24.7 Å². The Morgan fingerprint density at radius 3 is 2.37 bits per heavy atom. The second kappa shape index (κ2) is 8.62. The van der Waals surface area contributed by atoms with E-state index in [0.29, 0.717) is 24.9 Å². The van der Waals surface area contributed by atoms with E-state index < -0.39 is 14.8 Å². The van der Waals surface area contributed by atoms with Crippen molar-refractivity contribution < 1.29 is 18.1 Å². The van der Waals surface area contributed by atoms with Crippen molar-refractivity contribution in [3.63, 3.8) is 0 Å². The van der Waals surface area contributed by atoms with Gasteiger partial charge >= 0.3 is 0 Å². The normalized spacial score (nSPS) is 29.1. The Balaban J connectivity index is 1.25. The average Bonchev–Trinajstić information content (AvgIpc) is 2.80. The van der Waals surface area contributed by atoms with Crippen molar-refractivity contribution in [2.45, 2.75) is 48.8 Å². The summed E-state index contributed by atoms with van der Waals surface area (Å²) in [6, 6.07) is 14.5. The van der Waals surface area contributed by atoms with Crippen LogP contribution in [0.1, 0.15) is 44.1 Å². The molecule has 35 heavy (non-hydrogen) atoms. The van der Waals surface area contributed by atoms with Crippen LogP contribution in [0.2, 0.25) is 0 Å². The van der Waals surface area contributed by atoms with Crippen LogP contribution in [0.15, 0.2) is 53.4 Å². The summed E-state index contributed by atoms with van der Waals surface area (Å²) in [7, 11) is -3.55. The van der Waals surface area contributed by atoms with Crippen LogP contribution in [-0.4, -0.2) is 38.6 Å². The molecular weight excluding hydrogens is 466 g/mol. The van der Waals surface area contributed by atoms with E-state index in [1.54, 1.807) is 0 Å². The average molecular weight is 498 g/mol. The highest BCUT2D eigenvalue weighted by Gasteiger charge is 2.60. The zero-order valence-electron chi connectivity index (χ0n) is 19.8. The number of nitro groups is 1. The van der Waals surface area contributed by atoms with Crippen molar-refractivity contribution in [1.82, 2.24) is 5.32 Å². The number of sulfone groups is 1. The minimum absolute atomic E-state index is 0.0862. The molecule has 2 aromatic carbocycles. The van der Waals surface area contributed by atoms with Gasteiger partial charge in [-0.3, -0.25) is 14.9 Å². The number of hydrogen-bond acceptors (Lipinski definition) is 6. The molecule has 1 amide bonds. The number of nitrogens with one attached hydrogen (secondary N) is 2. The lowest BCUT2D eigenvalue weighted by molar-refractivity contribution is -0.384. The molecule has 0 aliphatic heterocycles. The summed E-state index contributed by atoms with van der Waals surface area (Å²) in [5.41, 5.74) is 1.03. The number of carbonyl (C=O) groups excluding carboxylic acids is 1. The van der Waals surface area contributed by atoms with Gasteiger partial charge in [0.1, 0.15) is 5.69 Å². The van der Waals surface area contributed by atoms with Crippen LogP contribution < -0.4 is 10.6 Å². The summed E-state index contributed by atoms with van der Waals surface area (Å²) in [4.78, 5) is 24.2. The first-order valence-corrected chi connectivity index (χ1v) is 14.1. The SMILES string of the molecule is CS(=O)(=O)c1ccc(NCCNC(=O)C23C[C@H]4C[C@@H](C2)CC(c2ccccc2)(C4)C3)c([N+](=O)[O-])c1. The summed E-state index contributed by atoms with van der Waals surface area (Å²) in [5.74, 6) is 1.25. The summed E-state index contributed by atoms with van der Waals surface area (Å²) in [6.45, 7) is 0.636. The highest BCUT2D eigenvalue weighted by atomic mass is 32.2. The number of rotatable bonds is 8. The van der Waals surface area contributed by atoms with E-state index in [1.807, 2.05) is 6.07 Å². The third-order valence-corrected chi connectivity index (χ3v) is 9.36. The van der Waals surface area contributed by atoms with Gasteiger partial charge < -0.3 is 10.6 Å². The van der Waals surface area contributed by atoms with Crippen LogP contribution in [-0.2, 0) is 20.0 Å². The zero-order valence-corrected chi connectivity index (χ0v) is 20.6. The fraction of sp³-hybridized carbons (Fsp3) is 0.500. The van der Waals surface area contributed by atoms with E-state index in [4.69, 9.17) is 0 Å². The fourth-order valence-electron chi connectivity index (χ4n) is 7.26. The van der Waals surface area contributed by atoms with E-state index in [-0.39, 0.29) is 33.0 Å². The Bertz CT molecular complexity index is 1250. The summed E-state index contributed by atoms with van der Waals surface area (Å²) in [6.07, 6.45) is 7.33. The highest BCUT2D eigenvalue weighted by Crippen LogP contribution is 2.65. The molecule has 0 aromatic heterocycles. The summed E-state index contributed by atoms with van der Waals surface area (Å²) >= 11 is 0. The molecule has 2 unspecified atom stereocenters. The van der Waals surface area contributed by atoms with Crippen LogP contribution in [0.5, 0.6) is 0 Å². The predicted octanol–water partition coefficient (Wildman–Crippen LogP) is 4.06. The highest BCUT2D eigenvalue weighted by molar-refractivity contribution is 7.90. The summed E-state index contributed by atoms with van der Waals surface area (Å²) in [5, 5.41) is 17.5. The van der Waals surface area contributed by atoms with Crippen LogP contribution in [0, 0.1) is 27.4 Å². The topological polar surface area (TPSA) is 118 Å². The third-order valence-electron chi connectivity index (χ3n) is 8.25. The Morgan fingerprint density at radius 2 is 1.74 bits per heavy atom. The number of hydrogen-bond donors (Lipinski definition) is 2. The molecule has 9 heteroatoms. The van der Waals surface area contributed by atoms with Crippen LogP contribution >= 0.6 is 0 Å². The van der Waals surface area contributed by atoms with Crippen LogP contribution in [0.3, 0.4) is 0 Å². The lowest BCUT2D eigenvalue weighted by Crippen LogP contribution is -2.59. The van der Waals surface area contributed by atoms with Gasteiger partial charge in [0.2, 0.25) is 5.91 Å². The van der Waals surface area contributed by atoms with Gasteiger partial charge in [-0.15, -0.1) is 0 Å². The lowest BCUT2D eigenvalue weighted by atomic mass is 9.42. The Morgan fingerprint density at radius 1 is 1.06 bits per heavy atom. The van der Waals surface area contributed by atoms with Gasteiger partial charge in [-0.2, -0.15) is 0 Å². The van der Waals surface area contributed by atoms with E-state index in [0.717, 1.165) is 44.4 Å². The fourth-order valence-corrected chi connectivity index (χ4v) is 7.90. The third kappa shape index (κ3) is 4.42. The molecule has 2 aromatic rings. The van der Waals surface area contributed by atoms with Gasteiger partial charge in [0, 0.05) is 25.4 Å². The van der Waals surface area contributed by atoms with Crippen molar-refractivity contribution >= 4 is 27.1 Å². The number of nitrogens with zero attached hydrogens (tertiary/aromatic N) is 1. The Hall–Kier alpha value is -2.94. The zero-order chi connectivity index (χ0) is 24.8. The first-order valence-electron chi connectivity index (χ1n) is 12.2. The maximum Gasteiger partial charge on any atom is 0.293 e.